The highest BCUT2D eigenvalue weighted by Gasteiger charge is 2.16. The first-order chi connectivity index (χ1) is 10.7. The first-order valence-electron chi connectivity index (χ1n) is 6.81. The maximum atomic E-state index is 12.4. The molecule has 3 rings (SSSR count). The number of hydrogen-bond acceptors (Lipinski definition) is 4. The van der Waals surface area contributed by atoms with Crippen molar-refractivity contribution in [1.29, 1.82) is 5.26 Å². The van der Waals surface area contributed by atoms with Gasteiger partial charge in [0.05, 0.1) is 11.6 Å². The summed E-state index contributed by atoms with van der Waals surface area (Å²) in [7, 11) is 1.73. The Bertz CT molecular complexity index is 765. The number of carbonyl (C=O) groups excluding carboxylic acids is 1. The van der Waals surface area contributed by atoms with Gasteiger partial charge >= 0.3 is 0 Å². The number of carbonyl (C=O) groups is 1. The predicted molar refractivity (Wildman–Crippen MR) is 79.5 cm³/mol. The lowest BCUT2D eigenvalue weighted by Crippen LogP contribution is -2.26. The maximum Gasteiger partial charge on any atom is 0.253 e. The summed E-state index contributed by atoms with van der Waals surface area (Å²) in [6, 6.07) is 14.3. The third kappa shape index (κ3) is 2.72. The molecule has 0 spiro atoms. The number of nitriles is 1. The molecule has 2 aromatic carbocycles. The van der Waals surface area contributed by atoms with E-state index in [0.717, 1.165) is 11.3 Å². The van der Waals surface area contributed by atoms with Gasteiger partial charge in [-0.2, -0.15) is 5.26 Å². The molecule has 0 atom stereocenters. The van der Waals surface area contributed by atoms with E-state index in [1.165, 1.54) is 0 Å². The lowest BCUT2D eigenvalue weighted by atomic mass is 10.1. The van der Waals surface area contributed by atoms with Crippen molar-refractivity contribution in [1.82, 2.24) is 4.90 Å². The summed E-state index contributed by atoms with van der Waals surface area (Å²) in [6.45, 7) is 0.681. The Labute approximate surface area is 128 Å². The van der Waals surface area contributed by atoms with E-state index in [4.69, 9.17) is 14.7 Å². The fraction of sp³-hybridized carbons (Fsp3) is 0.176. The Balaban J connectivity index is 1.75. The quantitative estimate of drug-likeness (QED) is 0.872. The van der Waals surface area contributed by atoms with Crippen LogP contribution >= 0.6 is 0 Å². The van der Waals surface area contributed by atoms with Crippen LogP contribution in [0.3, 0.4) is 0 Å². The molecule has 2 aromatic rings. The van der Waals surface area contributed by atoms with Crippen molar-refractivity contribution in [2.24, 2.45) is 0 Å². The standard InChI is InChI=1S/C17H14N2O3/c1-19(17(20)14-4-2-3-12(7-14)9-18)10-13-5-6-15-16(8-13)22-11-21-15/h2-8H,10-11H2,1H3. The second kappa shape index (κ2) is 5.78. The van der Waals surface area contributed by atoms with Crippen molar-refractivity contribution in [3.05, 3.63) is 59.2 Å². The van der Waals surface area contributed by atoms with Gasteiger partial charge in [0.2, 0.25) is 6.79 Å². The van der Waals surface area contributed by atoms with E-state index in [1.54, 1.807) is 36.2 Å². The number of fused-ring (bicyclic) bond motifs is 1. The van der Waals surface area contributed by atoms with E-state index in [1.807, 2.05) is 24.3 Å². The summed E-state index contributed by atoms with van der Waals surface area (Å²) in [5.74, 6) is 1.29. The monoisotopic (exact) mass is 294 g/mol. The van der Waals surface area contributed by atoms with Gasteiger partial charge in [-0.1, -0.05) is 12.1 Å². The first kappa shape index (κ1) is 14.0. The highest BCUT2D eigenvalue weighted by molar-refractivity contribution is 5.94. The minimum absolute atomic E-state index is 0.130. The molecule has 1 aliphatic heterocycles. The zero-order valence-electron chi connectivity index (χ0n) is 12.1. The van der Waals surface area contributed by atoms with Crippen molar-refractivity contribution in [3.8, 4) is 17.6 Å². The molecule has 22 heavy (non-hydrogen) atoms. The van der Waals surface area contributed by atoms with Gasteiger partial charge in [-0.15, -0.1) is 0 Å². The van der Waals surface area contributed by atoms with Crippen LogP contribution in [0.2, 0.25) is 0 Å². The van der Waals surface area contributed by atoms with Crippen molar-refractivity contribution >= 4 is 5.91 Å². The largest absolute Gasteiger partial charge is 0.454 e. The fourth-order valence-corrected chi connectivity index (χ4v) is 2.33. The average Bonchev–Trinajstić information content (AvgIpc) is 3.01. The minimum atomic E-state index is -0.130. The van der Waals surface area contributed by atoms with Crippen LogP contribution in [-0.2, 0) is 6.54 Å². The van der Waals surface area contributed by atoms with E-state index in [0.29, 0.717) is 23.4 Å². The summed E-state index contributed by atoms with van der Waals surface area (Å²) in [4.78, 5) is 14.0. The van der Waals surface area contributed by atoms with Crippen LogP contribution in [0.5, 0.6) is 11.5 Å². The highest BCUT2D eigenvalue weighted by atomic mass is 16.7. The van der Waals surface area contributed by atoms with Crippen molar-refractivity contribution in [3.63, 3.8) is 0 Å². The molecular formula is C17H14N2O3. The van der Waals surface area contributed by atoms with Crippen molar-refractivity contribution in [2.75, 3.05) is 13.8 Å². The molecule has 5 nitrogen and oxygen atoms in total. The van der Waals surface area contributed by atoms with Crippen molar-refractivity contribution < 1.29 is 14.3 Å². The molecule has 0 bridgehead atoms. The molecule has 0 aromatic heterocycles. The fourth-order valence-electron chi connectivity index (χ4n) is 2.33. The summed E-state index contributed by atoms with van der Waals surface area (Å²) in [6.07, 6.45) is 0. The van der Waals surface area contributed by atoms with Gasteiger partial charge in [-0.05, 0) is 35.9 Å². The zero-order valence-corrected chi connectivity index (χ0v) is 12.1. The molecule has 0 saturated carbocycles. The SMILES string of the molecule is CN(Cc1ccc2c(c1)OCO2)C(=O)c1cccc(C#N)c1. The van der Waals surface area contributed by atoms with Crippen LogP contribution in [0.1, 0.15) is 21.5 Å². The third-order valence-electron chi connectivity index (χ3n) is 3.44. The molecular weight excluding hydrogens is 280 g/mol. The Morgan fingerprint density at radius 2 is 2.05 bits per heavy atom. The second-order valence-corrected chi connectivity index (χ2v) is 5.04. The lowest BCUT2D eigenvalue weighted by molar-refractivity contribution is 0.0785. The Kier molecular flexibility index (Phi) is 3.67. The summed E-state index contributed by atoms with van der Waals surface area (Å²) >= 11 is 0. The zero-order chi connectivity index (χ0) is 15.5. The van der Waals surface area contributed by atoms with E-state index >= 15 is 0 Å². The van der Waals surface area contributed by atoms with Crippen LogP contribution < -0.4 is 9.47 Å². The van der Waals surface area contributed by atoms with Crippen LogP contribution in [0.4, 0.5) is 0 Å². The van der Waals surface area contributed by atoms with E-state index < -0.39 is 0 Å². The Morgan fingerprint density at radius 3 is 2.86 bits per heavy atom. The van der Waals surface area contributed by atoms with Crippen molar-refractivity contribution in [2.45, 2.75) is 6.54 Å². The van der Waals surface area contributed by atoms with Gasteiger partial charge < -0.3 is 14.4 Å². The molecule has 0 saturated heterocycles. The normalized spacial score (nSPS) is 11.8. The van der Waals surface area contributed by atoms with Crippen LogP contribution in [-0.4, -0.2) is 24.6 Å². The summed E-state index contributed by atoms with van der Waals surface area (Å²) in [5, 5.41) is 8.91. The average molecular weight is 294 g/mol. The molecule has 0 N–H and O–H groups in total. The molecule has 1 heterocycles. The minimum Gasteiger partial charge on any atom is -0.454 e. The second-order valence-electron chi connectivity index (χ2n) is 5.04. The van der Waals surface area contributed by atoms with Crippen LogP contribution in [0.25, 0.3) is 0 Å². The molecule has 0 fully saturated rings. The molecule has 1 aliphatic rings. The van der Waals surface area contributed by atoms with E-state index in [9.17, 15) is 4.79 Å². The third-order valence-corrected chi connectivity index (χ3v) is 3.44. The van der Waals surface area contributed by atoms with E-state index in [2.05, 4.69) is 0 Å². The van der Waals surface area contributed by atoms with Crippen LogP contribution in [0.15, 0.2) is 42.5 Å². The smallest absolute Gasteiger partial charge is 0.253 e. The number of amides is 1. The molecule has 1 amide bonds. The predicted octanol–water partition coefficient (Wildman–Crippen LogP) is 2.56. The van der Waals surface area contributed by atoms with Gasteiger partial charge in [0.1, 0.15) is 0 Å². The highest BCUT2D eigenvalue weighted by Crippen LogP contribution is 2.32. The number of ether oxygens (including phenoxy) is 2. The first-order valence-corrected chi connectivity index (χ1v) is 6.81. The molecule has 0 unspecified atom stereocenters. The Hall–Kier alpha value is -3.00. The molecule has 110 valence electrons. The summed E-state index contributed by atoms with van der Waals surface area (Å²) in [5.41, 5.74) is 1.93. The number of hydrogen-bond donors (Lipinski definition) is 0. The Morgan fingerprint density at radius 1 is 1.23 bits per heavy atom. The summed E-state index contributed by atoms with van der Waals surface area (Å²) < 4.78 is 10.6. The van der Waals surface area contributed by atoms with Gasteiger partial charge in [0.25, 0.3) is 5.91 Å². The van der Waals surface area contributed by atoms with Gasteiger partial charge in [-0.25, -0.2) is 0 Å². The molecule has 0 aliphatic carbocycles. The topological polar surface area (TPSA) is 62.6 Å². The lowest BCUT2D eigenvalue weighted by Gasteiger charge is -2.17. The van der Waals surface area contributed by atoms with E-state index in [-0.39, 0.29) is 12.7 Å². The van der Waals surface area contributed by atoms with Gasteiger partial charge in [-0.3, -0.25) is 4.79 Å². The molecule has 5 heteroatoms. The molecule has 0 radical (unpaired) electrons. The van der Waals surface area contributed by atoms with Gasteiger partial charge in [0, 0.05) is 19.2 Å². The number of rotatable bonds is 3. The number of benzene rings is 2. The number of nitrogens with zero attached hydrogens (tertiary/aromatic N) is 2. The van der Waals surface area contributed by atoms with Gasteiger partial charge in [0.15, 0.2) is 11.5 Å². The van der Waals surface area contributed by atoms with Crippen LogP contribution in [0, 0.1) is 11.3 Å². The maximum absolute atomic E-state index is 12.4.